The summed E-state index contributed by atoms with van der Waals surface area (Å²) in [5, 5.41) is 3.26. The summed E-state index contributed by atoms with van der Waals surface area (Å²) in [6, 6.07) is 6.14. The number of benzene rings is 1. The number of rotatable bonds is 5. The Morgan fingerprint density at radius 3 is 2.67 bits per heavy atom. The number of sulfone groups is 1. The summed E-state index contributed by atoms with van der Waals surface area (Å²) in [5.41, 5.74) is 0.369. The molecule has 1 unspecified atom stereocenters. The molecule has 4 nitrogen and oxygen atoms in total. The number of nitrogens with one attached hydrogen (secondary N) is 1. The van der Waals surface area contributed by atoms with Gasteiger partial charge in [-0.1, -0.05) is 12.1 Å². The highest BCUT2D eigenvalue weighted by Crippen LogP contribution is 2.31. The highest BCUT2D eigenvalue weighted by molar-refractivity contribution is 7.91. The molecule has 1 saturated heterocycles. The van der Waals surface area contributed by atoms with E-state index in [1.165, 1.54) is 12.1 Å². The number of anilines is 1. The Kier molecular flexibility index (Phi) is 5.16. The van der Waals surface area contributed by atoms with Gasteiger partial charge >= 0.3 is 5.76 Å². The van der Waals surface area contributed by atoms with E-state index in [0.29, 0.717) is 12.2 Å². The van der Waals surface area contributed by atoms with E-state index < -0.39 is 15.6 Å². The van der Waals surface area contributed by atoms with Crippen LogP contribution in [0.1, 0.15) is 19.8 Å². The van der Waals surface area contributed by atoms with Crippen LogP contribution in [0.4, 0.5) is 14.5 Å². The number of alkyl halides is 2. The lowest BCUT2D eigenvalue weighted by molar-refractivity contribution is 0.234. The van der Waals surface area contributed by atoms with E-state index in [1.807, 2.05) is 11.8 Å². The van der Waals surface area contributed by atoms with Crippen LogP contribution in [0.5, 0.6) is 0 Å². The van der Waals surface area contributed by atoms with Crippen LogP contribution in [-0.4, -0.2) is 39.9 Å². The first-order chi connectivity index (χ1) is 9.98. The van der Waals surface area contributed by atoms with Gasteiger partial charge in [-0.2, -0.15) is 8.78 Å². The third kappa shape index (κ3) is 3.35. The van der Waals surface area contributed by atoms with Gasteiger partial charge in [0, 0.05) is 19.1 Å². The Morgan fingerprint density at radius 1 is 1.38 bits per heavy atom. The molecule has 1 fully saturated rings. The fourth-order valence-electron chi connectivity index (χ4n) is 2.76. The highest BCUT2D eigenvalue weighted by atomic mass is 32.2. The van der Waals surface area contributed by atoms with Crippen LogP contribution >= 0.6 is 0 Å². The second-order valence-corrected chi connectivity index (χ2v) is 6.95. The Morgan fingerprint density at radius 2 is 2.10 bits per heavy atom. The first kappa shape index (κ1) is 16.2. The molecule has 118 valence electrons. The predicted molar refractivity (Wildman–Crippen MR) is 78.5 cm³/mol. The molecule has 1 heterocycles. The number of piperidine rings is 1. The monoisotopic (exact) mass is 318 g/mol. The van der Waals surface area contributed by atoms with E-state index in [9.17, 15) is 17.2 Å². The van der Waals surface area contributed by atoms with E-state index in [4.69, 9.17) is 0 Å². The average Bonchev–Trinajstić information content (AvgIpc) is 2.49. The maximum atomic E-state index is 12.9. The molecule has 2 rings (SSSR count). The molecule has 21 heavy (non-hydrogen) atoms. The normalized spacial score (nSPS) is 19.7. The zero-order chi connectivity index (χ0) is 15.5. The first-order valence-corrected chi connectivity index (χ1v) is 8.61. The summed E-state index contributed by atoms with van der Waals surface area (Å²) >= 11 is 0. The molecule has 0 amide bonds. The number of halogens is 2. The third-order valence-electron chi connectivity index (χ3n) is 3.77. The molecule has 1 N–H and O–H groups in total. The maximum absolute atomic E-state index is 12.9. The Hall–Kier alpha value is -1.21. The number of nitrogens with zero attached hydrogens (tertiary/aromatic N) is 1. The van der Waals surface area contributed by atoms with Crippen molar-refractivity contribution >= 4 is 15.5 Å². The van der Waals surface area contributed by atoms with Crippen molar-refractivity contribution < 1.29 is 17.2 Å². The molecule has 0 aromatic heterocycles. The summed E-state index contributed by atoms with van der Waals surface area (Å²) in [4.78, 5) is 1.62. The molecule has 0 bridgehead atoms. The minimum atomic E-state index is -4.60. The molecule has 1 aliphatic heterocycles. The molecule has 1 aliphatic rings. The Balaban J connectivity index is 2.42. The molecule has 7 heteroatoms. The highest BCUT2D eigenvalue weighted by Gasteiger charge is 2.32. The van der Waals surface area contributed by atoms with Crippen LogP contribution < -0.4 is 10.2 Å². The van der Waals surface area contributed by atoms with Gasteiger partial charge in [0.15, 0.2) is 0 Å². The Bertz CT molecular complexity index is 572. The van der Waals surface area contributed by atoms with E-state index in [-0.39, 0.29) is 10.9 Å². The largest absolute Gasteiger partial charge is 0.366 e. The topological polar surface area (TPSA) is 49.4 Å². The van der Waals surface area contributed by atoms with Gasteiger partial charge in [-0.3, -0.25) is 0 Å². The maximum Gasteiger partial charge on any atom is 0.341 e. The van der Waals surface area contributed by atoms with Crippen molar-refractivity contribution in [3.63, 3.8) is 0 Å². The molecule has 1 aromatic carbocycles. The summed E-state index contributed by atoms with van der Waals surface area (Å²) < 4.78 is 49.5. The van der Waals surface area contributed by atoms with E-state index in [1.54, 1.807) is 12.1 Å². The molecular weight excluding hydrogens is 298 g/mol. The minimum absolute atomic E-state index is 0.123. The Labute approximate surface area is 124 Å². The molecule has 0 saturated carbocycles. The van der Waals surface area contributed by atoms with Gasteiger partial charge in [0.25, 0.3) is 0 Å². The van der Waals surface area contributed by atoms with Crippen LogP contribution in [0.15, 0.2) is 29.2 Å². The van der Waals surface area contributed by atoms with E-state index in [2.05, 4.69) is 5.32 Å². The molecule has 1 atom stereocenters. The molecule has 0 aliphatic carbocycles. The second kappa shape index (κ2) is 6.70. The average molecular weight is 318 g/mol. The fraction of sp³-hybridized carbons (Fsp3) is 0.571. The van der Waals surface area contributed by atoms with Crippen molar-refractivity contribution in [2.24, 2.45) is 0 Å². The van der Waals surface area contributed by atoms with Crippen molar-refractivity contribution in [1.29, 1.82) is 0 Å². The van der Waals surface area contributed by atoms with E-state index >= 15 is 0 Å². The zero-order valence-corrected chi connectivity index (χ0v) is 12.7. The lowest BCUT2D eigenvalue weighted by Gasteiger charge is -2.36. The van der Waals surface area contributed by atoms with Crippen LogP contribution in [0.2, 0.25) is 0 Å². The number of hydrogen-bond donors (Lipinski definition) is 1. The van der Waals surface area contributed by atoms with Crippen LogP contribution in [0.25, 0.3) is 0 Å². The summed E-state index contributed by atoms with van der Waals surface area (Å²) in [6.45, 7) is 4.14. The summed E-state index contributed by atoms with van der Waals surface area (Å²) in [7, 11) is -4.60. The van der Waals surface area contributed by atoms with Gasteiger partial charge in [-0.25, -0.2) is 8.42 Å². The van der Waals surface area contributed by atoms with Crippen molar-refractivity contribution in [2.45, 2.75) is 36.5 Å². The third-order valence-corrected chi connectivity index (χ3v) is 5.20. The standard InChI is InChI=1S/C14H20F2N2O2S/c1-2-18(11-6-5-9-17-10-11)12-7-3-4-8-13(12)21(19,20)14(15)16/h3-4,7-8,11,14,17H,2,5-6,9-10H2,1H3. The van der Waals surface area contributed by atoms with Gasteiger partial charge in [-0.05, 0) is 38.4 Å². The summed E-state index contributed by atoms with van der Waals surface area (Å²) in [6.07, 6.45) is 1.91. The van der Waals surface area contributed by atoms with Gasteiger partial charge in [-0.15, -0.1) is 0 Å². The van der Waals surface area contributed by atoms with Crippen molar-refractivity contribution in [1.82, 2.24) is 5.32 Å². The molecular formula is C14H20F2N2O2S. The number of hydrogen-bond acceptors (Lipinski definition) is 4. The minimum Gasteiger partial charge on any atom is -0.366 e. The fourth-order valence-corrected chi connectivity index (χ4v) is 3.69. The first-order valence-electron chi connectivity index (χ1n) is 7.07. The second-order valence-electron chi connectivity index (χ2n) is 5.06. The molecule has 1 aromatic rings. The molecule has 0 radical (unpaired) electrons. The van der Waals surface area contributed by atoms with Crippen molar-refractivity contribution in [3.8, 4) is 0 Å². The zero-order valence-electron chi connectivity index (χ0n) is 11.9. The van der Waals surface area contributed by atoms with Crippen molar-refractivity contribution in [2.75, 3.05) is 24.5 Å². The lowest BCUT2D eigenvalue weighted by Crippen LogP contribution is -2.46. The van der Waals surface area contributed by atoms with Crippen molar-refractivity contribution in [3.05, 3.63) is 24.3 Å². The number of para-hydroxylation sites is 1. The van der Waals surface area contributed by atoms with Crippen LogP contribution in [0.3, 0.4) is 0 Å². The number of likely N-dealkylation sites (N-methyl/N-ethyl adjacent to an activating group) is 1. The van der Waals surface area contributed by atoms with E-state index in [0.717, 1.165) is 25.9 Å². The van der Waals surface area contributed by atoms with Gasteiger partial charge in [0.2, 0.25) is 9.84 Å². The van der Waals surface area contributed by atoms with Crippen LogP contribution in [-0.2, 0) is 9.84 Å². The van der Waals surface area contributed by atoms with Crippen LogP contribution in [0, 0.1) is 0 Å². The molecule has 0 spiro atoms. The summed E-state index contributed by atoms with van der Waals surface area (Å²) in [5.74, 6) is -3.40. The lowest BCUT2D eigenvalue weighted by atomic mass is 10.0. The predicted octanol–water partition coefficient (Wildman–Crippen LogP) is 2.26. The smallest absolute Gasteiger partial charge is 0.341 e. The van der Waals surface area contributed by atoms with Gasteiger partial charge in [0.1, 0.15) is 0 Å². The SMILES string of the molecule is CCN(c1ccccc1S(=O)(=O)C(F)F)C1CCCNC1. The van der Waals surface area contributed by atoms with Gasteiger partial charge < -0.3 is 10.2 Å². The van der Waals surface area contributed by atoms with Gasteiger partial charge in [0.05, 0.1) is 10.6 Å². The quantitative estimate of drug-likeness (QED) is 0.905.